The van der Waals surface area contributed by atoms with E-state index >= 15 is 0 Å². The van der Waals surface area contributed by atoms with Gasteiger partial charge in [0.25, 0.3) is 0 Å². The number of hydrogen-bond donors (Lipinski definition) is 1. The maximum Gasteiger partial charge on any atom is 0.435 e. The molecule has 0 radical (unpaired) electrons. The molecule has 4 rings (SSSR count). The molecular weight excluding hydrogens is 554 g/mol. The van der Waals surface area contributed by atoms with Gasteiger partial charge in [0.05, 0.1) is 30.6 Å². The fourth-order valence-corrected chi connectivity index (χ4v) is 5.17. The summed E-state index contributed by atoms with van der Waals surface area (Å²) in [5, 5.41) is 6.44. The van der Waals surface area contributed by atoms with Crippen molar-refractivity contribution in [3.8, 4) is 5.69 Å². The Kier molecular flexibility index (Phi) is 8.64. The van der Waals surface area contributed by atoms with E-state index in [9.17, 15) is 35.9 Å². The molecular formula is C28H28F6N4O3. The van der Waals surface area contributed by atoms with Crippen molar-refractivity contribution >= 4 is 23.3 Å². The van der Waals surface area contributed by atoms with Gasteiger partial charge in [-0.1, -0.05) is 30.3 Å². The minimum absolute atomic E-state index is 0.0999. The molecule has 1 aliphatic rings. The van der Waals surface area contributed by atoms with Crippen LogP contribution in [0.25, 0.3) is 5.69 Å². The number of halogens is 6. The Morgan fingerprint density at radius 1 is 0.951 bits per heavy atom. The largest absolute Gasteiger partial charge is 0.469 e. The fraction of sp³-hybridized carbons (Fsp3) is 0.393. The average Bonchev–Trinajstić information content (AvgIpc) is 3.37. The molecule has 3 aromatic rings. The van der Waals surface area contributed by atoms with Gasteiger partial charge >= 0.3 is 18.3 Å². The first kappa shape index (κ1) is 29.9. The molecule has 1 N–H and O–H groups in total. The van der Waals surface area contributed by atoms with E-state index in [-0.39, 0.29) is 41.4 Å². The van der Waals surface area contributed by atoms with Crippen LogP contribution in [0.2, 0.25) is 0 Å². The van der Waals surface area contributed by atoms with E-state index in [4.69, 9.17) is 4.74 Å². The molecule has 1 fully saturated rings. The summed E-state index contributed by atoms with van der Waals surface area (Å²) in [6.07, 6.45) is -7.41. The highest BCUT2D eigenvalue weighted by Gasteiger charge is 2.46. The molecule has 7 nitrogen and oxygen atoms in total. The van der Waals surface area contributed by atoms with Crippen LogP contribution in [-0.2, 0) is 20.5 Å². The lowest BCUT2D eigenvalue weighted by atomic mass is 9.81. The number of hydrogen-bond acceptors (Lipinski definition) is 5. The Balaban J connectivity index is 1.53. The van der Waals surface area contributed by atoms with Crippen LogP contribution in [0.1, 0.15) is 43.0 Å². The van der Waals surface area contributed by atoms with Gasteiger partial charge in [-0.3, -0.25) is 9.59 Å². The van der Waals surface area contributed by atoms with Gasteiger partial charge in [-0.25, -0.2) is 4.68 Å². The zero-order chi connectivity index (χ0) is 29.9. The van der Waals surface area contributed by atoms with Crippen molar-refractivity contribution in [1.29, 1.82) is 0 Å². The van der Waals surface area contributed by atoms with Gasteiger partial charge in [0.15, 0.2) is 11.7 Å². The van der Waals surface area contributed by atoms with E-state index in [1.54, 1.807) is 18.2 Å². The first-order valence-electron chi connectivity index (χ1n) is 12.8. The number of anilines is 2. The lowest BCUT2D eigenvalue weighted by Gasteiger charge is -2.35. The molecule has 2 aromatic carbocycles. The van der Waals surface area contributed by atoms with Gasteiger partial charge in [0.1, 0.15) is 0 Å². The third-order valence-corrected chi connectivity index (χ3v) is 7.20. The highest BCUT2D eigenvalue weighted by molar-refractivity contribution is 5.80. The van der Waals surface area contributed by atoms with Crippen LogP contribution in [0, 0.1) is 11.8 Å². The summed E-state index contributed by atoms with van der Waals surface area (Å²) < 4.78 is 89.8. The summed E-state index contributed by atoms with van der Waals surface area (Å²) in [5.74, 6) is -2.15. The van der Waals surface area contributed by atoms with Crippen molar-refractivity contribution in [3.05, 3.63) is 72.1 Å². The first-order chi connectivity index (χ1) is 19.3. The monoisotopic (exact) mass is 582 g/mol. The zero-order valence-corrected chi connectivity index (χ0v) is 22.2. The molecule has 1 saturated carbocycles. The number of rotatable bonds is 7. The normalized spacial score (nSPS) is 18.4. The minimum atomic E-state index is -4.82. The second-order valence-electron chi connectivity index (χ2n) is 9.86. The van der Waals surface area contributed by atoms with Gasteiger partial charge in [-0.2, -0.15) is 31.4 Å². The molecule has 1 aliphatic carbocycles. The lowest BCUT2D eigenvalue weighted by Crippen LogP contribution is -2.43. The molecule has 13 heteroatoms. The number of nitrogens with one attached hydrogen (secondary N) is 1. The Morgan fingerprint density at radius 2 is 1.54 bits per heavy atom. The summed E-state index contributed by atoms with van der Waals surface area (Å²) in [4.78, 5) is 25.4. The fourth-order valence-electron chi connectivity index (χ4n) is 5.17. The number of amides is 1. The van der Waals surface area contributed by atoms with Crippen LogP contribution in [0.5, 0.6) is 0 Å². The second-order valence-corrected chi connectivity index (χ2v) is 9.86. The predicted octanol–water partition coefficient (Wildman–Crippen LogP) is 6.68. The SMILES string of the molecule is COC(=O)C1CCC(C(=O)N(C)[C@@H](c2ccc(Nc3cnn(-c4ccccc4)c3C(F)(F)F)cc2)C(F)(F)F)CC1. The Morgan fingerprint density at radius 3 is 2.07 bits per heavy atom. The van der Waals surface area contributed by atoms with Gasteiger partial charge in [-0.05, 0) is 55.5 Å². The maximum absolute atomic E-state index is 14.2. The third kappa shape index (κ3) is 6.66. The number of alkyl halides is 6. The molecule has 1 heterocycles. The van der Waals surface area contributed by atoms with E-state index in [2.05, 4.69) is 10.4 Å². The van der Waals surface area contributed by atoms with Gasteiger partial charge in [0, 0.05) is 18.7 Å². The van der Waals surface area contributed by atoms with Gasteiger partial charge in [0.2, 0.25) is 5.91 Å². The molecule has 41 heavy (non-hydrogen) atoms. The van der Waals surface area contributed by atoms with Crippen LogP contribution >= 0.6 is 0 Å². The van der Waals surface area contributed by atoms with Gasteiger partial charge < -0.3 is 15.0 Å². The van der Waals surface area contributed by atoms with Crippen LogP contribution in [0.15, 0.2) is 60.8 Å². The van der Waals surface area contributed by atoms with Crippen molar-refractivity contribution in [2.75, 3.05) is 19.5 Å². The predicted molar refractivity (Wildman–Crippen MR) is 137 cm³/mol. The van der Waals surface area contributed by atoms with Crippen LogP contribution in [-0.4, -0.2) is 46.9 Å². The van der Waals surface area contributed by atoms with Crippen molar-refractivity contribution < 1.29 is 40.7 Å². The van der Waals surface area contributed by atoms with Crippen molar-refractivity contribution in [2.24, 2.45) is 11.8 Å². The number of para-hydroxylation sites is 1. The number of methoxy groups -OCH3 is 1. The van der Waals surface area contributed by atoms with Crippen molar-refractivity contribution in [1.82, 2.24) is 14.7 Å². The maximum atomic E-state index is 14.2. The van der Waals surface area contributed by atoms with E-state index in [1.807, 2.05) is 0 Å². The minimum Gasteiger partial charge on any atom is -0.469 e. The standard InChI is InChI=1S/C28H28F6N4O3/c1-37(25(39)18-8-10-19(11-9-18)26(40)41-2)23(27(29,30)31)17-12-14-20(15-13-17)36-22-16-35-38(24(22)28(32,33)34)21-6-4-3-5-7-21/h3-7,12-16,18-19,23,36H,8-11H2,1-2H3/t18?,19?,23-/m0/s1. The molecule has 0 aliphatic heterocycles. The number of carbonyl (C=O) groups excluding carboxylic acids is 2. The summed E-state index contributed by atoms with van der Waals surface area (Å²) in [7, 11) is 2.33. The average molecular weight is 583 g/mol. The van der Waals surface area contributed by atoms with Crippen LogP contribution in [0.4, 0.5) is 37.7 Å². The van der Waals surface area contributed by atoms with E-state index in [0.717, 1.165) is 30.1 Å². The zero-order valence-electron chi connectivity index (χ0n) is 22.2. The molecule has 1 atom stereocenters. The number of esters is 1. The number of carbonyl (C=O) groups is 2. The van der Waals surface area contributed by atoms with Crippen molar-refractivity contribution in [2.45, 2.75) is 44.1 Å². The Bertz CT molecular complexity index is 1350. The first-order valence-corrected chi connectivity index (χ1v) is 12.8. The van der Waals surface area contributed by atoms with Crippen molar-refractivity contribution in [3.63, 3.8) is 0 Å². The Labute approximate surface area is 232 Å². The molecule has 0 bridgehead atoms. The number of nitrogens with zero attached hydrogens (tertiary/aromatic N) is 3. The smallest absolute Gasteiger partial charge is 0.435 e. The van der Waals surface area contributed by atoms with E-state index in [1.165, 1.54) is 31.4 Å². The Hall–Kier alpha value is -4.03. The highest BCUT2D eigenvalue weighted by Crippen LogP contribution is 2.41. The molecule has 1 aromatic heterocycles. The molecule has 220 valence electrons. The topological polar surface area (TPSA) is 76.5 Å². The number of benzene rings is 2. The highest BCUT2D eigenvalue weighted by atomic mass is 19.4. The van der Waals surface area contributed by atoms with E-state index < -0.39 is 41.9 Å². The van der Waals surface area contributed by atoms with Crippen LogP contribution < -0.4 is 5.32 Å². The number of aromatic nitrogens is 2. The third-order valence-electron chi connectivity index (χ3n) is 7.20. The second kappa shape index (κ2) is 11.8. The molecule has 0 saturated heterocycles. The summed E-state index contributed by atoms with van der Waals surface area (Å²) >= 11 is 0. The summed E-state index contributed by atoms with van der Waals surface area (Å²) in [6.45, 7) is 0. The molecule has 0 spiro atoms. The van der Waals surface area contributed by atoms with Crippen LogP contribution in [0.3, 0.4) is 0 Å². The number of ether oxygens (including phenoxy) is 1. The quantitative estimate of drug-likeness (QED) is 0.249. The summed E-state index contributed by atoms with van der Waals surface area (Å²) in [5.41, 5.74) is -1.42. The molecule has 0 unspecified atom stereocenters. The van der Waals surface area contributed by atoms with E-state index in [0.29, 0.717) is 17.7 Å². The molecule has 1 amide bonds. The lowest BCUT2D eigenvalue weighted by molar-refractivity contribution is -0.191. The van der Waals surface area contributed by atoms with Gasteiger partial charge in [-0.15, -0.1) is 0 Å². The summed E-state index contributed by atoms with van der Waals surface area (Å²) in [6, 6.07) is 10.1.